The predicted molar refractivity (Wildman–Crippen MR) is 80.8 cm³/mol. The van der Waals surface area contributed by atoms with Gasteiger partial charge >= 0.3 is 0 Å². The van der Waals surface area contributed by atoms with Crippen LogP contribution in [0.1, 0.15) is 52.2 Å². The van der Waals surface area contributed by atoms with Crippen molar-refractivity contribution >= 4 is 0 Å². The van der Waals surface area contributed by atoms with Crippen LogP contribution in [0.15, 0.2) is 24.3 Å². The average molecular weight is 237 g/mol. The summed E-state index contributed by atoms with van der Waals surface area (Å²) >= 11 is 0. The topological polar surface area (TPSA) is 12.0 Å². The van der Waals surface area contributed by atoms with Crippen molar-refractivity contribution in [3.8, 4) is 0 Å². The molecule has 0 aliphatic carbocycles. The van der Waals surface area contributed by atoms with E-state index in [0.717, 1.165) is 13.0 Å². The molecular weight excluding hydrogens is 206 g/mol. The van der Waals surface area contributed by atoms with Crippen LogP contribution >= 0.6 is 0 Å². The lowest BCUT2D eigenvalue weighted by Gasteiger charge is -2.03. The van der Waals surface area contributed by atoms with Crippen LogP contribution in [0.2, 0.25) is 0 Å². The third kappa shape index (κ3) is 10.1. The third-order valence-electron chi connectivity index (χ3n) is 2.19. The van der Waals surface area contributed by atoms with Crippen LogP contribution in [0.5, 0.6) is 0 Å². The largest absolute Gasteiger partial charge is 0.319 e. The molecule has 0 amide bonds. The maximum Gasteiger partial charge on any atom is -0.00114 e. The van der Waals surface area contributed by atoms with Crippen molar-refractivity contribution in [1.82, 2.24) is 5.32 Å². The average Bonchev–Trinajstić information content (AvgIpc) is 2.42. The van der Waals surface area contributed by atoms with Gasteiger partial charge in [-0.15, -0.1) is 0 Å². The van der Waals surface area contributed by atoms with Crippen molar-refractivity contribution in [2.45, 2.75) is 53.9 Å². The van der Waals surface area contributed by atoms with Crippen molar-refractivity contribution < 1.29 is 0 Å². The van der Waals surface area contributed by atoms with Crippen LogP contribution < -0.4 is 5.32 Å². The molecule has 0 atom stereocenters. The van der Waals surface area contributed by atoms with Gasteiger partial charge in [0.1, 0.15) is 0 Å². The van der Waals surface area contributed by atoms with E-state index in [9.17, 15) is 0 Å². The predicted octanol–water partition coefficient (Wildman–Crippen LogP) is 4.45. The molecule has 1 aromatic carbocycles. The van der Waals surface area contributed by atoms with Crippen molar-refractivity contribution in [2.24, 2.45) is 0 Å². The van der Waals surface area contributed by atoms with Crippen molar-refractivity contribution in [1.29, 1.82) is 0 Å². The fourth-order valence-electron chi connectivity index (χ4n) is 1.50. The summed E-state index contributed by atoms with van der Waals surface area (Å²) in [5, 5.41) is 3.17. The SMILES string of the molecule is CC.CC.CCCc1cccc(CCNC)c1. The molecular formula is C16H31N. The summed E-state index contributed by atoms with van der Waals surface area (Å²) in [7, 11) is 2.00. The fraction of sp³-hybridized carbons (Fsp3) is 0.625. The number of rotatable bonds is 5. The molecule has 0 unspecified atom stereocenters. The summed E-state index contributed by atoms with van der Waals surface area (Å²) in [4.78, 5) is 0. The second kappa shape index (κ2) is 15.2. The summed E-state index contributed by atoms with van der Waals surface area (Å²) in [6, 6.07) is 8.90. The van der Waals surface area contributed by atoms with Gasteiger partial charge in [0, 0.05) is 0 Å². The Morgan fingerprint density at radius 3 is 1.94 bits per heavy atom. The number of hydrogen-bond donors (Lipinski definition) is 1. The van der Waals surface area contributed by atoms with E-state index in [1.807, 2.05) is 34.7 Å². The second-order valence-corrected chi connectivity index (χ2v) is 3.42. The van der Waals surface area contributed by atoms with Gasteiger partial charge in [-0.3, -0.25) is 0 Å². The van der Waals surface area contributed by atoms with Gasteiger partial charge in [0.15, 0.2) is 0 Å². The molecule has 1 N–H and O–H groups in total. The first-order chi connectivity index (χ1) is 8.36. The van der Waals surface area contributed by atoms with E-state index in [4.69, 9.17) is 0 Å². The van der Waals surface area contributed by atoms with Crippen molar-refractivity contribution in [2.75, 3.05) is 13.6 Å². The highest BCUT2D eigenvalue weighted by Gasteiger charge is 1.94. The second-order valence-electron chi connectivity index (χ2n) is 3.42. The minimum Gasteiger partial charge on any atom is -0.319 e. The summed E-state index contributed by atoms with van der Waals surface area (Å²) in [5.41, 5.74) is 2.91. The molecule has 17 heavy (non-hydrogen) atoms. The van der Waals surface area contributed by atoms with Crippen LogP contribution in [-0.4, -0.2) is 13.6 Å². The van der Waals surface area contributed by atoms with E-state index >= 15 is 0 Å². The molecule has 0 spiro atoms. The first-order valence-corrected chi connectivity index (χ1v) is 7.09. The Morgan fingerprint density at radius 2 is 1.47 bits per heavy atom. The Morgan fingerprint density at radius 1 is 0.941 bits per heavy atom. The molecule has 0 aliphatic rings. The first kappa shape index (κ1) is 18.5. The van der Waals surface area contributed by atoms with Crippen molar-refractivity contribution in [3.05, 3.63) is 35.4 Å². The molecule has 1 nitrogen and oxygen atoms in total. The van der Waals surface area contributed by atoms with Crippen LogP contribution in [0, 0.1) is 0 Å². The molecule has 0 bridgehead atoms. The summed E-state index contributed by atoms with van der Waals surface area (Å²) in [6.07, 6.45) is 3.57. The minimum absolute atomic E-state index is 1.07. The molecule has 0 saturated carbocycles. The zero-order valence-electron chi connectivity index (χ0n) is 12.6. The monoisotopic (exact) mass is 237 g/mol. The van der Waals surface area contributed by atoms with Crippen LogP contribution in [0.3, 0.4) is 0 Å². The summed E-state index contributed by atoms with van der Waals surface area (Å²) in [6.45, 7) is 11.3. The lowest BCUT2D eigenvalue weighted by molar-refractivity contribution is 0.790. The van der Waals surface area contributed by atoms with Gasteiger partial charge in [-0.2, -0.15) is 0 Å². The molecule has 0 fully saturated rings. The number of benzene rings is 1. The number of nitrogens with one attached hydrogen (secondary N) is 1. The number of hydrogen-bond acceptors (Lipinski definition) is 1. The van der Waals surface area contributed by atoms with E-state index in [1.165, 1.54) is 24.0 Å². The highest BCUT2D eigenvalue weighted by atomic mass is 14.8. The van der Waals surface area contributed by atoms with E-state index < -0.39 is 0 Å². The maximum absolute atomic E-state index is 3.17. The van der Waals surface area contributed by atoms with Crippen molar-refractivity contribution in [3.63, 3.8) is 0 Å². The smallest absolute Gasteiger partial charge is 0.00114 e. The fourth-order valence-corrected chi connectivity index (χ4v) is 1.50. The molecule has 0 heterocycles. The molecule has 100 valence electrons. The van der Waals surface area contributed by atoms with Crippen LogP contribution in [0.25, 0.3) is 0 Å². The summed E-state index contributed by atoms with van der Waals surface area (Å²) < 4.78 is 0. The van der Waals surface area contributed by atoms with Gasteiger partial charge in [-0.25, -0.2) is 0 Å². The Kier molecular flexibility index (Phi) is 16.6. The number of aryl methyl sites for hydroxylation is 1. The minimum atomic E-state index is 1.07. The molecule has 1 aromatic rings. The standard InChI is InChI=1S/C12H19N.2C2H6/c1-3-5-11-6-4-7-12(10-11)8-9-13-2;2*1-2/h4,6-7,10,13H,3,5,8-9H2,1-2H3;2*1-2H3. The maximum atomic E-state index is 3.17. The van der Waals surface area contributed by atoms with Crippen LogP contribution in [-0.2, 0) is 12.8 Å². The molecule has 0 aromatic heterocycles. The molecule has 0 radical (unpaired) electrons. The van der Waals surface area contributed by atoms with E-state index in [0.29, 0.717) is 0 Å². The molecule has 0 aliphatic heterocycles. The van der Waals surface area contributed by atoms with E-state index in [2.05, 4.69) is 36.5 Å². The Balaban J connectivity index is 0. The zero-order chi connectivity index (χ0) is 13.5. The molecule has 1 heteroatoms. The van der Waals surface area contributed by atoms with Gasteiger partial charge in [0.25, 0.3) is 0 Å². The first-order valence-electron chi connectivity index (χ1n) is 7.09. The Hall–Kier alpha value is -0.820. The highest BCUT2D eigenvalue weighted by Crippen LogP contribution is 2.07. The Labute approximate surface area is 109 Å². The van der Waals surface area contributed by atoms with E-state index in [-0.39, 0.29) is 0 Å². The van der Waals surface area contributed by atoms with Gasteiger partial charge in [-0.05, 0) is 37.6 Å². The van der Waals surface area contributed by atoms with E-state index in [1.54, 1.807) is 0 Å². The van der Waals surface area contributed by atoms with Gasteiger partial charge in [-0.1, -0.05) is 65.3 Å². The summed E-state index contributed by atoms with van der Waals surface area (Å²) in [5.74, 6) is 0. The van der Waals surface area contributed by atoms with Crippen LogP contribution in [0.4, 0.5) is 0 Å². The zero-order valence-corrected chi connectivity index (χ0v) is 12.6. The quantitative estimate of drug-likeness (QED) is 0.797. The lowest BCUT2D eigenvalue weighted by atomic mass is 10.1. The normalized spacial score (nSPS) is 8.59. The lowest BCUT2D eigenvalue weighted by Crippen LogP contribution is -2.10. The molecule has 0 saturated heterocycles. The van der Waals surface area contributed by atoms with Gasteiger partial charge in [0.05, 0.1) is 0 Å². The third-order valence-corrected chi connectivity index (χ3v) is 2.19. The number of likely N-dealkylation sites (N-methyl/N-ethyl adjacent to an activating group) is 1. The molecule has 1 rings (SSSR count). The van der Waals surface area contributed by atoms with Gasteiger partial charge < -0.3 is 5.32 Å². The van der Waals surface area contributed by atoms with Gasteiger partial charge in [0.2, 0.25) is 0 Å². The Bertz CT molecular complexity index is 243. The highest BCUT2D eigenvalue weighted by molar-refractivity contribution is 5.23.